The Bertz CT molecular complexity index is 412. The third-order valence-electron chi connectivity index (χ3n) is 2.53. The van der Waals surface area contributed by atoms with Gasteiger partial charge in [0.1, 0.15) is 5.82 Å². The fourth-order valence-electron chi connectivity index (χ4n) is 1.51. The first kappa shape index (κ1) is 14.1. The van der Waals surface area contributed by atoms with Crippen molar-refractivity contribution < 1.29 is 10.0 Å². The van der Waals surface area contributed by atoms with E-state index in [-0.39, 0.29) is 24.2 Å². The first-order chi connectivity index (χ1) is 8.62. The van der Waals surface area contributed by atoms with Crippen LogP contribution in [0.15, 0.2) is 12.1 Å². The molecule has 8 heteroatoms. The van der Waals surface area contributed by atoms with E-state index < -0.39 is 4.92 Å². The van der Waals surface area contributed by atoms with Crippen molar-refractivity contribution in [3.8, 4) is 0 Å². The number of nitrogen functional groups attached to an aromatic ring is 1. The zero-order valence-electron chi connectivity index (χ0n) is 10.1. The first-order valence-corrected chi connectivity index (χ1v) is 5.61. The van der Waals surface area contributed by atoms with Crippen LogP contribution in [-0.4, -0.2) is 27.7 Å². The second-order valence-corrected chi connectivity index (χ2v) is 3.73. The lowest BCUT2D eigenvalue weighted by molar-refractivity contribution is -0.384. The van der Waals surface area contributed by atoms with Crippen LogP contribution in [0.5, 0.6) is 0 Å². The van der Waals surface area contributed by atoms with Gasteiger partial charge in [-0.15, -0.1) is 0 Å². The van der Waals surface area contributed by atoms with Gasteiger partial charge < -0.3 is 15.8 Å². The molecule has 0 spiro atoms. The number of aliphatic hydroxyl groups is 1. The van der Waals surface area contributed by atoms with E-state index in [0.717, 1.165) is 6.42 Å². The molecule has 0 aliphatic heterocycles. The number of nitro groups is 1. The monoisotopic (exact) mass is 255 g/mol. The largest absolute Gasteiger partial charge is 0.396 e. The number of hydrogen-bond donors (Lipinski definition) is 4. The number of aromatic nitrogens is 1. The van der Waals surface area contributed by atoms with E-state index in [9.17, 15) is 10.1 Å². The minimum atomic E-state index is -0.513. The predicted molar refractivity (Wildman–Crippen MR) is 68.1 cm³/mol. The average molecular weight is 255 g/mol. The van der Waals surface area contributed by atoms with Crippen LogP contribution in [0.2, 0.25) is 0 Å². The molecular formula is C10H17N5O3. The van der Waals surface area contributed by atoms with Gasteiger partial charge in [-0.25, -0.2) is 10.8 Å². The summed E-state index contributed by atoms with van der Waals surface area (Å²) in [6.45, 7) is 1.93. The predicted octanol–water partition coefficient (Wildman–Crippen LogP) is 0.848. The number of rotatable bonds is 7. The second-order valence-electron chi connectivity index (χ2n) is 3.73. The molecule has 1 aromatic heterocycles. The van der Waals surface area contributed by atoms with Gasteiger partial charge in [-0.2, -0.15) is 0 Å². The van der Waals surface area contributed by atoms with Crippen molar-refractivity contribution in [1.82, 2.24) is 4.98 Å². The van der Waals surface area contributed by atoms with E-state index in [4.69, 9.17) is 10.9 Å². The molecule has 0 amide bonds. The molecule has 5 N–H and O–H groups in total. The summed E-state index contributed by atoms with van der Waals surface area (Å²) in [5, 5.41) is 22.7. The molecule has 100 valence electrons. The lowest BCUT2D eigenvalue weighted by Crippen LogP contribution is -2.22. The van der Waals surface area contributed by atoms with Gasteiger partial charge in [-0.1, -0.05) is 6.92 Å². The van der Waals surface area contributed by atoms with E-state index in [2.05, 4.69) is 15.7 Å². The Morgan fingerprint density at radius 3 is 2.83 bits per heavy atom. The fraction of sp³-hybridized carbons (Fsp3) is 0.500. The van der Waals surface area contributed by atoms with E-state index >= 15 is 0 Å². The van der Waals surface area contributed by atoms with E-state index in [1.54, 1.807) is 0 Å². The maximum Gasteiger partial charge on any atom is 0.311 e. The van der Waals surface area contributed by atoms with Gasteiger partial charge in [0.15, 0.2) is 0 Å². The van der Waals surface area contributed by atoms with Gasteiger partial charge in [0.2, 0.25) is 5.82 Å². The molecule has 1 aromatic rings. The lowest BCUT2D eigenvalue weighted by atomic mass is 10.1. The third-order valence-corrected chi connectivity index (χ3v) is 2.53. The molecular weight excluding hydrogens is 238 g/mol. The summed E-state index contributed by atoms with van der Waals surface area (Å²) in [6.07, 6.45) is 1.22. The van der Waals surface area contributed by atoms with Crippen LogP contribution in [0.1, 0.15) is 19.8 Å². The van der Waals surface area contributed by atoms with Crippen LogP contribution in [0.25, 0.3) is 0 Å². The van der Waals surface area contributed by atoms with Gasteiger partial charge in [0.05, 0.1) is 4.92 Å². The minimum Gasteiger partial charge on any atom is -0.396 e. The Morgan fingerprint density at radius 2 is 2.33 bits per heavy atom. The van der Waals surface area contributed by atoms with Gasteiger partial charge >= 0.3 is 5.69 Å². The number of hydrazine groups is 1. The van der Waals surface area contributed by atoms with Crippen molar-refractivity contribution in [2.75, 3.05) is 17.3 Å². The Morgan fingerprint density at radius 1 is 1.61 bits per heavy atom. The van der Waals surface area contributed by atoms with E-state index in [0.29, 0.717) is 12.2 Å². The highest BCUT2D eigenvalue weighted by Gasteiger charge is 2.18. The molecule has 0 radical (unpaired) electrons. The SMILES string of the molecule is CCC(CCO)Nc1nc(NN)ccc1[N+](=O)[O-]. The summed E-state index contributed by atoms with van der Waals surface area (Å²) in [5.41, 5.74) is 2.21. The zero-order valence-corrected chi connectivity index (χ0v) is 10.1. The molecule has 8 nitrogen and oxygen atoms in total. The Labute approximate surface area is 104 Å². The molecule has 1 atom stereocenters. The smallest absolute Gasteiger partial charge is 0.311 e. The summed E-state index contributed by atoms with van der Waals surface area (Å²) < 4.78 is 0. The molecule has 0 aliphatic carbocycles. The molecule has 0 aromatic carbocycles. The van der Waals surface area contributed by atoms with E-state index in [1.165, 1.54) is 12.1 Å². The van der Waals surface area contributed by atoms with Crippen molar-refractivity contribution in [2.45, 2.75) is 25.8 Å². The van der Waals surface area contributed by atoms with Gasteiger partial charge in [0.25, 0.3) is 0 Å². The first-order valence-electron chi connectivity index (χ1n) is 5.61. The molecule has 0 aliphatic rings. The summed E-state index contributed by atoms with van der Waals surface area (Å²) >= 11 is 0. The molecule has 0 fully saturated rings. The maximum atomic E-state index is 10.9. The number of nitrogens with zero attached hydrogens (tertiary/aromatic N) is 2. The lowest BCUT2D eigenvalue weighted by Gasteiger charge is -2.16. The van der Waals surface area contributed by atoms with Crippen LogP contribution in [0, 0.1) is 10.1 Å². The standard InChI is InChI=1S/C10H17N5O3/c1-2-7(5-6-16)12-10-8(15(17)18)3-4-9(13-10)14-11/h3-4,7,16H,2,5-6,11H2,1H3,(H2,12,13,14). The average Bonchev–Trinajstić information content (AvgIpc) is 2.37. The fourth-order valence-corrected chi connectivity index (χ4v) is 1.51. The molecule has 1 unspecified atom stereocenters. The van der Waals surface area contributed by atoms with E-state index in [1.807, 2.05) is 6.92 Å². The van der Waals surface area contributed by atoms with Crippen LogP contribution >= 0.6 is 0 Å². The molecule has 0 saturated heterocycles. The molecule has 18 heavy (non-hydrogen) atoms. The summed E-state index contributed by atoms with van der Waals surface area (Å²) in [7, 11) is 0. The number of hydrogen-bond acceptors (Lipinski definition) is 7. The van der Waals surface area contributed by atoms with Crippen molar-refractivity contribution in [3.05, 3.63) is 22.2 Å². The van der Waals surface area contributed by atoms with Gasteiger partial charge in [-0.05, 0) is 18.9 Å². The highest BCUT2D eigenvalue weighted by molar-refractivity contribution is 5.60. The van der Waals surface area contributed by atoms with Crippen molar-refractivity contribution in [3.63, 3.8) is 0 Å². The van der Waals surface area contributed by atoms with Gasteiger partial charge in [-0.3, -0.25) is 10.1 Å². The van der Waals surface area contributed by atoms with Crippen molar-refractivity contribution >= 4 is 17.3 Å². The minimum absolute atomic E-state index is 0.00807. The number of aliphatic hydroxyl groups excluding tert-OH is 1. The highest BCUT2D eigenvalue weighted by Crippen LogP contribution is 2.25. The Hall–Kier alpha value is -1.93. The summed E-state index contributed by atoms with van der Waals surface area (Å²) in [5.74, 6) is 5.70. The molecule has 1 rings (SSSR count). The van der Waals surface area contributed by atoms with Crippen LogP contribution in [0.3, 0.4) is 0 Å². The molecule has 1 heterocycles. The van der Waals surface area contributed by atoms with Crippen molar-refractivity contribution in [2.24, 2.45) is 5.84 Å². The zero-order chi connectivity index (χ0) is 13.5. The van der Waals surface area contributed by atoms with Crippen LogP contribution in [-0.2, 0) is 0 Å². The number of pyridine rings is 1. The highest BCUT2D eigenvalue weighted by atomic mass is 16.6. The Balaban J connectivity index is 2.99. The third kappa shape index (κ3) is 3.54. The second kappa shape index (κ2) is 6.72. The topological polar surface area (TPSA) is 126 Å². The Kier molecular flexibility index (Phi) is 5.28. The number of anilines is 2. The number of nitrogens with two attached hydrogens (primary N) is 1. The normalized spacial score (nSPS) is 11.9. The quantitative estimate of drug-likeness (QED) is 0.323. The van der Waals surface area contributed by atoms with Gasteiger partial charge in [0, 0.05) is 18.7 Å². The van der Waals surface area contributed by atoms with Crippen LogP contribution < -0.4 is 16.6 Å². The molecule has 0 bridgehead atoms. The maximum absolute atomic E-state index is 10.9. The van der Waals surface area contributed by atoms with Crippen LogP contribution in [0.4, 0.5) is 17.3 Å². The number of nitrogens with one attached hydrogen (secondary N) is 2. The molecule has 0 saturated carbocycles. The summed E-state index contributed by atoms with van der Waals surface area (Å²) in [4.78, 5) is 14.4. The van der Waals surface area contributed by atoms with Crippen molar-refractivity contribution in [1.29, 1.82) is 0 Å². The summed E-state index contributed by atoms with van der Waals surface area (Å²) in [6, 6.07) is 2.68.